The van der Waals surface area contributed by atoms with Crippen LogP contribution in [-0.2, 0) is 9.59 Å². The number of urea groups is 1. The zero-order valence-corrected chi connectivity index (χ0v) is 13.4. The predicted molar refractivity (Wildman–Crippen MR) is 84.9 cm³/mol. The van der Waals surface area contributed by atoms with Gasteiger partial charge in [-0.3, -0.25) is 19.4 Å². The van der Waals surface area contributed by atoms with Gasteiger partial charge in [0.15, 0.2) is 0 Å². The number of amides is 4. The summed E-state index contributed by atoms with van der Waals surface area (Å²) in [4.78, 5) is 37.1. The van der Waals surface area contributed by atoms with Crippen molar-refractivity contribution in [2.75, 3.05) is 20.2 Å². The van der Waals surface area contributed by atoms with E-state index >= 15 is 0 Å². The van der Waals surface area contributed by atoms with Crippen molar-refractivity contribution in [2.45, 2.75) is 32.1 Å². The first-order chi connectivity index (χ1) is 11.1. The van der Waals surface area contributed by atoms with Crippen molar-refractivity contribution < 1.29 is 19.1 Å². The molecule has 1 aliphatic heterocycles. The number of carbonyl (C=O) groups is 3. The number of benzene rings is 1. The fourth-order valence-electron chi connectivity index (χ4n) is 2.39. The number of ether oxygens (including phenoxy) is 1. The van der Waals surface area contributed by atoms with Gasteiger partial charge in [0.05, 0.1) is 6.61 Å². The minimum atomic E-state index is -0.515. The largest absolute Gasteiger partial charge is 0.494 e. The van der Waals surface area contributed by atoms with Gasteiger partial charge in [0.1, 0.15) is 12.2 Å². The van der Waals surface area contributed by atoms with Gasteiger partial charge >= 0.3 is 6.03 Å². The van der Waals surface area contributed by atoms with E-state index in [-0.39, 0.29) is 6.42 Å². The maximum atomic E-state index is 11.9. The summed E-state index contributed by atoms with van der Waals surface area (Å²) in [5.74, 6) is 0.0320. The van der Waals surface area contributed by atoms with Crippen LogP contribution in [0.25, 0.3) is 0 Å². The third-order valence-electron chi connectivity index (χ3n) is 3.78. The molecule has 0 spiro atoms. The van der Waals surface area contributed by atoms with E-state index in [1.165, 1.54) is 11.9 Å². The Hall–Kier alpha value is -2.37. The zero-order chi connectivity index (χ0) is 16.7. The van der Waals surface area contributed by atoms with E-state index in [9.17, 15) is 14.4 Å². The molecule has 2 rings (SSSR count). The molecule has 1 aromatic rings. The zero-order valence-electron chi connectivity index (χ0n) is 13.4. The van der Waals surface area contributed by atoms with Gasteiger partial charge in [0.2, 0.25) is 11.8 Å². The molecule has 1 aliphatic rings. The van der Waals surface area contributed by atoms with Gasteiger partial charge in [-0.25, -0.2) is 4.79 Å². The summed E-state index contributed by atoms with van der Waals surface area (Å²) >= 11 is 0. The lowest BCUT2D eigenvalue weighted by Crippen LogP contribution is -2.53. The predicted octanol–water partition coefficient (Wildman–Crippen LogP) is 2.44. The standard InChI is InChI=1S/C17H22N2O4/c1-18-15(20)13-16(21)19(17(18)22)11-7-2-3-8-12-23-14-9-5-4-6-10-14/h4-6,9-10H,2-3,7-8,11-13H2,1H3. The van der Waals surface area contributed by atoms with Crippen LogP contribution in [0.1, 0.15) is 32.1 Å². The molecule has 6 heteroatoms. The molecule has 0 saturated carbocycles. The van der Waals surface area contributed by atoms with Gasteiger partial charge in [-0.2, -0.15) is 0 Å². The van der Waals surface area contributed by atoms with E-state index in [0.29, 0.717) is 13.2 Å². The molecule has 1 heterocycles. The third-order valence-corrected chi connectivity index (χ3v) is 3.78. The van der Waals surface area contributed by atoms with Crippen LogP contribution in [0.5, 0.6) is 5.75 Å². The lowest BCUT2D eigenvalue weighted by molar-refractivity contribution is -0.141. The molecule has 6 nitrogen and oxygen atoms in total. The highest BCUT2D eigenvalue weighted by Crippen LogP contribution is 2.13. The van der Waals surface area contributed by atoms with Crippen molar-refractivity contribution in [2.24, 2.45) is 0 Å². The fraction of sp³-hybridized carbons (Fsp3) is 0.471. The molecule has 0 aromatic heterocycles. The molecule has 0 aliphatic carbocycles. The Kier molecular flexibility index (Phi) is 6.14. The van der Waals surface area contributed by atoms with Gasteiger partial charge < -0.3 is 4.74 Å². The quantitative estimate of drug-likeness (QED) is 0.545. The van der Waals surface area contributed by atoms with Crippen molar-refractivity contribution in [3.05, 3.63) is 30.3 Å². The minimum absolute atomic E-state index is 0.215. The van der Waals surface area contributed by atoms with Gasteiger partial charge in [-0.15, -0.1) is 0 Å². The molecule has 23 heavy (non-hydrogen) atoms. The van der Waals surface area contributed by atoms with Crippen LogP contribution in [0.15, 0.2) is 30.3 Å². The average molecular weight is 318 g/mol. The van der Waals surface area contributed by atoms with Crippen molar-refractivity contribution in [1.82, 2.24) is 9.80 Å². The van der Waals surface area contributed by atoms with E-state index in [1.807, 2.05) is 30.3 Å². The Bertz CT molecular complexity index is 559. The van der Waals surface area contributed by atoms with Gasteiger partial charge in [0, 0.05) is 13.6 Å². The van der Waals surface area contributed by atoms with Crippen LogP contribution in [0, 0.1) is 0 Å². The van der Waals surface area contributed by atoms with Crippen LogP contribution in [0.3, 0.4) is 0 Å². The smallest absolute Gasteiger partial charge is 0.333 e. The first-order valence-corrected chi connectivity index (χ1v) is 7.88. The van der Waals surface area contributed by atoms with E-state index in [1.54, 1.807) is 0 Å². The second-order valence-corrected chi connectivity index (χ2v) is 5.53. The number of rotatable bonds is 8. The number of unbranched alkanes of at least 4 members (excludes halogenated alkanes) is 3. The van der Waals surface area contributed by atoms with Crippen molar-refractivity contribution in [3.63, 3.8) is 0 Å². The van der Waals surface area contributed by atoms with Gasteiger partial charge in [-0.05, 0) is 25.0 Å². The summed E-state index contributed by atoms with van der Waals surface area (Å²) < 4.78 is 5.60. The lowest BCUT2D eigenvalue weighted by Gasteiger charge is -2.30. The summed E-state index contributed by atoms with van der Waals surface area (Å²) in [6.07, 6.45) is 3.33. The molecule has 1 aromatic carbocycles. The van der Waals surface area contributed by atoms with Gasteiger partial charge in [-0.1, -0.05) is 31.0 Å². The highest BCUT2D eigenvalue weighted by Gasteiger charge is 2.34. The second-order valence-electron chi connectivity index (χ2n) is 5.53. The summed E-state index contributed by atoms with van der Waals surface area (Å²) in [5.41, 5.74) is 0. The van der Waals surface area contributed by atoms with E-state index in [2.05, 4.69) is 0 Å². The van der Waals surface area contributed by atoms with E-state index in [4.69, 9.17) is 4.74 Å². The highest BCUT2D eigenvalue weighted by molar-refractivity contribution is 6.13. The average Bonchev–Trinajstić information content (AvgIpc) is 2.55. The lowest BCUT2D eigenvalue weighted by atomic mass is 10.2. The highest BCUT2D eigenvalue weighted by atomic mass is 16.5. The molecule has 0 radical (unpaired) electrons. The summed E-state index contributed by atoms with van der Waals surface area (Å²) in [6.45, 7) is 1.03. The van der Waals surface area contributed by atoms with E-state index in [0.717, 1.165) is 36.3 Å². The Labute approximate surface area is 136 Å². The normalized spacial score (nSPS) is 15.3. The van der Waals surface area contributed by atoms with Crippen LogP contribution in [0.4, 0.5) is 4.79 Å². The summed E-state index contributed by atoms with van der Waals surface area (Å²) in [6, 6.07) is 9.14. The number of para-hydroxylation sites is 1. The number of hydrogen-bond acceptors (Lipinski definition) is 4. The Morgan fingerprint density at radius 1 is 0.957 bits per heavy atom. The molecule has 0 bridgehead atoms. The van der Waals surface area contributed by atoms with Crippen LogP contribution >= 0.6 is 0 Å². The van der Waals surface area contributed by atoms with Crippen LogP contribution in [-0.4, -0.2) is 47.8 Å². The Morgan fingerprint density at radius 2 is 1.65 bits per heavy atom. The van der Waals surface area contributed by atoms with Crippen molar-refractivity contribution >= 4 is 17.8 Å². The first kappa shape index (κ1) is 17.0. The molecular formula is C17H22N2O4. The number of hydrogen-bond donors (Lipinski definition) is 0. The van der Waals surface area contributed by atoms with E-state index < -0.39 is 17.8 Å². The monoisotopic (exact) mass is 318 g/mol. The van der Waals surface area contributed by atoms with Crippen LogP contribution in [0.2, 0.25) is 0 Å². The molecule has 1 saturated heterocycles. The fourth-order valence-corrected chi connectivity index (χ4v) is 2.39. The second kappa shape index (κ2) is 8.31. The molecule has 0 N–H and O–H groups in total. The molecule has 1 fully saturated rings. The maximum absolute atomic E-state index is 11.9. The number of barbiturate groups is 1. The van der Waals surface area contributed by atoms with Crippen molar-refractivity contribution in [3.8, 4) is 5.75 Å². The topological polar surface area (TPSA) is 66.9 Å². The number of imide groups is 2. The molecule has 4 amide bonds. The first-order valence-electron chi connectivity index (χ1n) is 7.88. The maximum Gasteiger partial charge on any atom is 0.333 e. The summed E-state index contributed by atoms with van der Waals surface area (Å²) in [7, 11) is 1.41. The molecular weight excluding hydrogens is 296 g/mol. The molecule has 0 unspecified atom stereocenters. The van der Waals surface area contributed by atoms with Gasteiger partial charge in [0.25, 0.3) is 0 Å². The Morgan fingerprint density at radius 3 is 2.39 bits per heavy atom. The molecule has 124 valence electrons. The summed E-state index contributed by atoms with van der Waals surface area (Å²) in [5, 5.41) is 0. The molecule has 0 atom stereocenters. The Balaban J connectivity index is 1.59. The minimum Gasteiger partial charge on any atom is -0.494 e. The SMILES string of the molecule is CN1C(=O)CC(=O)N(CCCCCCOc2ccccc2)C1=O. The third kappa shape index (κ3) is 4.81. The number of nitrogens with zero attached hydrogens (tertiary/aromatic N) is 2. The number of carbonyl (C=O) groups excluding carboxylic acids is 3. The van der Waals surface area contributed by atoms with Crippen molar-refractivity contribution in [1.29, 1.82) is 0 Å². The van der Waals surface area contributed by atoms with Crippen LogP contribution < -0.4 is 4.74 Å².